The second kappa shape index (κ2) is 10.8. The van der Waals surface area contributed by atoms with E-state index in [1.54, 1.807) is 0 Å². The fraction of sp³-hybridized carbons (Fsp3) is 0. The summed E-state index contributed by atoms with van der Waals surface area (Å²) in [6.45, 7) is 0. The molecule has 10 rings (SSSR count). The number of ether oxygens (including phenoxy) is 1. The van der Waals surface area contributed by atoms with Crippen molar-refractivity contribution < 1.29 is 4.74 Å². The Morgan fingerprint density at radius 1 is 0.490 bits per heavy atom. The third-order valence-electron chi connectivity index (χ3n) is 9.68. The van der Waals surface area contributed by atoms with Gasteiger partial charge in [0, 0.05) is 48.2 Å². The van der Waals surface area contributed by atoms with Crippen molar-refractivity contribution in [3.63, 3.8) is 0 Å². The van der Waals surface area contributed by atoms with Gasteiger partial charge in [0.2, 0.25) is 0 Å². The highest BCUT2D eigenvalue weighted by molar-refractivity contribution is 7.26. The standard InChI is InChI=1S/C45H26N2OS/c46-27-28-11-17-33(18-12-28)47(35-21-23-39-43(26-35)49-42-24-16-30-5-1-2-8-36(30)45(39)42)34-19-13-29(14-20-34)32-15-22-37-38-9-3-6-31-7-4-10-40(44(31)38)48-41(37)25-32/h1-26H. The number of hydrogen-bond donors (Lipinski definition) is 0. The highest BCUT2D eigenvalue weighted by Crippen LogP contribution is 2.48. The summed E-state index contributed by atoms with van der Waals surface area (Å²) in [4.78, 5) is 2.26. The van der Waals surface area contributed by atoms with E-state index in [9.17, 15) is 5.26 Å². The van der Waals surface area contributed by atoms with Crippen LogP contribution in [0.2, 0.25) is 0 Å². The quantitative estimate of drug-likeness (QED) is 0.192. The summed E-state index contributed by atoms with van der Waals surface area (Å²) in [7, 11) is 0. The number of anilines is 3. The Morgan fingerprint density at radius 2 is 1.22 bits per heavy atom. The molecule has 0 aliphatic carbocycles. The normalized spacial score (nSPS) is 11.8. The lowest BCUT2D eigenvalue weighted by Gasteiger charge is -2.26. The van der Waals surface area contributed by atoms with Crippen LogP contribution in [0.5, 0.6) is 11.5 Å². The Balaban J connectivity index is 1.06. The van der Waals surface area contributed by atoms with Gasteiger partial charge in [0.1, 0.15) is 11.5 Å². The van der Waals surface area contributed by atoms with Crippen LogP contribution >= 0.6 is 11.3 Å². The first kappa shape index (κ1) is 27.7. The largest absolute Gasteiger partial charge is 0.456 e. The summed E-state index contributed by atoms with van der Waals surface area (Å²) in [5.41, 5.74) is 8.26. The molecule has 0 spiro atoms. The number of nitriles is 1. The molecule has 1 aliphatic heterocycles. The third kappa shape index (κ3) is 4.41. The van der Waals surface area contributed by atoms with E-state index in [2.05, 4.69) is 138 Å². The molecular weight excluding hydrogens is 617 g/mol. The maximum atomic E-state index is 9.49. The Hall–Kier alpha value is -6.41. The molecule has 2 heterocycles. The molecule has 0 atom stereocenters. The van der Waals surface area contributed by atoms with Gasteiger partial charge >= 0.3 is 0 Å². The fourth-order valence-electron chi connectivity index (χ4n) is 7.35. The zero-order chi connectivity index (χ0) is 32.5. The lowest BCUT2D eigenvalue weighted by Crippen LogP contribution is -2.09. The van der Waals surface area contributed by atoms with E-state index < -0.39 is 0 Å². The Morgan fingerprint density at radius 3 is 2.06 bits per heavy atom. The minimum Gasteiger partial charge on any atom is -0.456 e. The summed E-state index contributed by atoms with van der Waals surface area (Å²) >= 11 is 1.83. The number of hydrogen-bond acceptors (Lipinski definition) is 4. The van der Waals surface area contributed by atoms with Crippen molar-refractivity contribution in [2.75, 3.05) is 4.90 Å². The molecule has 0 fully saturated rings. The molecule has 0 saturated carbocycles. The first-order valence-electron chi connectivity index (χ1n) is 16.3. The molecule has 0 bridgehead atoms. The van der Waals surface area contributed by atoms with Crippen LogP contribution in [-0.2, 0) is 0 Å². The van der Waals surface area contributed by atoms with Crippen molar-refractivity contribution in [2.24, 2.45) is 0 Å². The van der Waals surface area contributed by atoms with Crippen molar-refractivity contribution in [3.05, 3.63) is 163 Å². The van der Waals surface area contributed by atoms with Crippen LogP contribution in [0.3, 0.4) is 0 Å². The number of rotatable bonds is 4. The Kier molecular flexibility index (Phi) is 6.11. The topological polar surface area (TPSA) is 36.3 Å². The van der Waals surface area contributed by atoms with Gasteiger partial charge in [-0.1, -0.05) is 84.9 Å². The molecular formula is C45H26N2OS. The molecule has 9 aromatic rings. The van der Waals surface area contributed by atoms with Crippen LogP contribution in [-0.4, -0.2) is 0 Å². The summed E-state index contributed by atoms with van der Waals surface area (Å²) in [5.74, 6) is 1.77. The van der Waals surface area contributed by atoms with Gasteiger partial charge < -0.3 is 9.64 Å². The van der Waals surface area contributed by atoms with Gasteiger partial charge in [-0.3, -0.25) is 0 Å². The van der Waals surface area contributed by atoms with Gasteiger partial charge in [0.05, 0.1) is 11.6 Å². The zero-order valence-corrected chi connectivity index (χ0v) is 27.0. The van der Waals surface area contributed by atoms with E-state index in [1.807, 2.05) is 41.7 Å². The van der Waals surface area contributed by atoms with Crippen molar-refractivity contribution in [1.29, 1.82) is 5.26 Å². The van der Waals surface area contributed by atoms with E-state index in [0.29, 0.717) is 5.56 Å². The molecule has 0 saturated heterocycles. The van der Waals surface area contributed by atoms with E-state index in [-0.39, 0.29) is 0 Å². The summed E-state index contributed by atoms with van der Waals surface area (Å²) in [6.07, 6.45) is 0. The molecule has 0 amide bonds. The minimum absolute atomic E-state index is 0.638. The average Bonchev–Trinajstić information content (AvgIpc) is 3.54. The van der Waals surface area contributed by atoms with Crippen molar-refractivity contribution >= 4 is 70.1 Å². The molecule has 0 unspecified atom stereocenters. The highest BCUT2D eigenvalue weighted by Gasteiger charge is 2.21. The molecule has 4 heteroatoms. The van der Waals surface area contributed by atoms with Gasteiger partial charge in [0.15, 0.2) is 0 Å². The Bertz CT molecular complexity index is 2800. The fourth-order valence-corrected chi connectivity index (χ4v) is 8.51. The lowest BCUT2D eigenvalue weighted by molar-refractivity contribution is 0.487. The monoisotopic (exact) mass is 642 g/mol. The van der Waals surface area contributed by atoms with Crippen LogP contribution in [0.4, 0.5) is 17.1 Å². The summed E-state index contributed by atoms with van der Waals surface area (Å²) in [5, 5.41) is 17.0. The van der Waals surface area contributed by atoms with Crippen molar-refractivity contribution in [3.8, 4) is 39.8 Å². The van der Waals surface area contributed by atoms with E-state index in [0.717, 1.165) is 45.3 Å². The van der Waals surface area contributed by atoms with Gasteiger partial charge in [-0.25, -0.2) is 0 Å². The second-order valence-electron chi connectivity index (χ2n) is 12.5. The molecule has 0 radical (unpaired) electrons. The molecule has 1 aromatic heterocycles. The van der Waals surface area contributed by atoms with Gasteiger partial charge in [-0.05, 0) is 106 Å². The van der Waals surface area contributed by atoms with E-state index >= 15 is 0 Å². The molecule has 49 heavy (non-hydrogen) atoms. The minimum atomic E-state index is 0.638. The van der Waals surface area contributed by atoms with Crippen LogP contribution in [0.25, 0.3) is 64.0 Å². The van der Waals surface area contributed by atoms with Crippen molar-refractivity contribution in [2.45, 2.75) is 0 Å². The SMILES string of the molecule is N#Cc1ccc(N(c2ccc(-c3ccc4c(c3)Oc3cccc5cccc-4c35)cc2)c2ccc3c(c2)sc2ccc4ccccc4c23)cc1. The Labute approximate surface area is 287 Å². The predicted molar refractivity (Wildman–Crippen MR) is 205 cm³/mol. The average molecular weight is 643 g/mol. The first-order chi connectivity index (χ1) is 24.2. The van der Waals surface area contributed by atoms with Crippen LogP contribution in [0.15, 0.2) is 158 Å². The van der Waals surface area contributed by atoms with Crippen LogP contribution in [0.1, 0.15) is 5.56 Å². The van der Waals surface area contributed by atoms with Gasteiger partial charge in [0.25, 0.3) is 0 Å². The number of thiophene rings is 1. The second-order valence-corrected chi connectivity index (χ2v) is 13.5. The summed E-state index contributed by atoms with van der Waals surface area (Å²) in [6, 6.07) is 57.8. The van der Waals surface area contributed by atoms with Crippen LogP contribution in [0, 0.1) is 11.3 Å². The maximum Gasteiger partial charge on any atom is 0.135 e. The number of benzene rings is 8. The molecule has 1 aliphatic rings. The predicted octanol–water partition coefficient (Wildman–Crippen LogP) is 13.1. The number of nitrogens with zero attached hydrogens (tertiary/aromatic N) is 2. The number of fused-ring (bicyclic) bond motifs is 7. The maximum absolute atomic E-state index is 9.49. The van der Waals surface area contributed by atoms with Gasteiger partial charge in [-0.2, -0.15) is 5.26 Å². The van der Waals surface area contributed by atoms with E-state index in [1.165, 1.54) is 47.3 Å². The molecule has 0 N–H and O–H groups in total. The molecule has 228 valence electrons. The first-order valence-corrected chi connectivity index (χ1v) is 17.1. The van der Waals surface area contributed by atoms with E-state index in [4.69, 9.17) is 4.74 Å². The third-order valence-corrected chi connectivity index (χ3v) is 10.8. The molecule has 8 aromatic carbocycles. The van der Waals surface area contributed by atoms with Crippen molar-refractivity contribution in [1.82, 2.24) is 0 Å². The summed E-state index contributed by atoms with van der Waals surface area (Å²) < 4.78 is 8.99. The smallest absolute Gasteiger partial charge is 0.135 e. The lowest BCUT2D eigenvalue weighted by atomic mass is 9.93. The molecule has 3 nitrogen and oxygen atoms in total. The van der Waals surface area contributed by atoms with Crippen LogP contribution < -0.4 is 9.64 Å². The zero-order valence-electron chi connectivity index (χ0n) is 26.2. The highest BCUT2D eigenvalue weighted by atomic mass is 32.1. The van der Waals surface area contributed by atoms with Gasteiger partial charge in [-0.15, -0.1) is 11.3 Å².